The lowest BCUT2D eigenvalue weighted by atomic mass is 10.2. The summed E-state index contributed by atoms with van der Waals surface area (Å²) in [7, 11) is 1.67. The van der Waals surface area contributed by atoms with Gasteiger partial charge in [-0.1, -0.05) is 17.7 Å². The minimum absolute atomic E-state index is 0.0630. The van der Waals surface area contributed by atoms with E-state index < -0.39 is 0 Å². The van der Waals surface area contributed by atoms with Crippen molar-refractivity contribution in [2.45, 2.75) is 6.92 Å². The number of ether oxygens (including phenoxy) is 1. The second kappa shape index (κ2) is 6.62. The quantitative estimate of drug-likeness (QED) is 0.943. The highest BCUT2D eigenvalue weighted by Crippen LogP contribution is 2.23. The molecule has 2 aromatic rings. The molecule has 1 aliphatic heterocycles. The number of nitrogens with one attached hydrogen (secondary N) is 1. The van der Waals surface area contributed by atoms with E-state index in [4.69, 9.17) is 4.74 Å². The van der Waals surface area contributed by atoms with Crippen molar-refractivity contribution in [2.75, 3.05) is 25.6 Å². The maximum Gasteiger partial charge on any atom is 0.323 e. The Morgan fingerprint density at radius 2 is 1.62 bits per heavy atom. The third-order valence-corrected chi connectivity index (χ3v) is 3.78. The van der Waals surface area contributed by atoms with Crippen LogP contribution in [-0.4, -0.2) is 42.0 Å². The number of carbonyl (C=O) groups is 2. The molecule has 3 amide bonds. The summed E-state index contributed by atoms with van der Waals surface area (Å²) < 4.78 is 5.75. The minimum Gasteiger partial charge on any atom is -0.457 e. The van der Waals surface area contributed by atoms with Crippen LogP contribution in [0.15, 0.2) is 48.5 Å². The van der Waals surface area contributed by atoms with Gasteiger partial charge in [0.05, 0.1) is 6.67 Å². The van der Waals surface area contributed by atoms with Crippen LogP contribution >= 0.6 is 0 Å². The first-order chi connectivity index (χ1) is 11.5. The zero-order valence-electron chi connectivity index (χ0n) is 13.7. The molecule has 0 aromatic heterocycles. The molecule has 1 N–H and O–H groups in total. The number of urea groups is 1. The number of hydrogen-bond donors (Lipinski definition) is 1. The van der Waals surface area contributed by atoms with Crippen molar-refractivity contribution in [3.63, 3.8) is 0 Å². The number of hydrogen-bond acceptors (Lipinski definition) is 3. The van der Waals surface area contributed by atoms with Crippen LogP contribution < -0.4 is 10.1 Å². The third-order valence-electron chi connectivity index (χ3n) is 3.78. The molecule has 1 aliphatic rings. The van der Waals surface area contributed by atoms with Gasteiger partial charge in [-0.05, 0) is 43.3 Å². The van der Waals surface area contributed by atoms with E-state index >= 15 is 0 Å². The van der Waals surface area contributed by atoms with E-state index in [-0.39, 0.29) is 18.5 Å². The second-order valence-corrected chi connectivity index (χ2v) is 5.80. The van der Waals surface area contributed by atoms with E-state index in [1.165, 1.54) is 15.4 Å². The van der Waals surface area contributed by atoms with Gasteiger partial charge in [-0.15, -0.1) is 0 Å². The largest absolute Gasteiger partial charge is 0.457 e. The lowest BCUT2D eigenvalue weighted by molar-refractivity contribution is -0.125. The average Bonchev–Trinajstić information content (AvgIpc) is 2.91. The highest BCUT2D eigenvalue weighted by molar-refractivity contribution is 5.94. The fourth-order valence-corrected chi connectivity index (χ4v) is 2.36. The molecule has 6 heteroatoms. The van der Waals surface area contributed by atoms with Crippen molar-refractivity contribution in [3.8, 4) is 11.5 Å². The van der Waals surface area contributed by atoms with Gasteiger partial charge in [-0.3, -0.25) is 9.69 Å². The molecule has 124 valence electrons. The van der Waals surface area contributed by atoms with Crippen molar-refractivity contribution in [3.05, 3.63) is 54.1 Å². The number of benzene rings is 2. The molecule has 2 aromatic carbocycles. The van der Waals surface area contributed by atoms with Gasteiger partial charge in [-0.2, -0.15) is 0 Å². The first-order valence-corrected chi connectivity index (χ1v) is 7.66. The second-order valence-electron chi connectivity index (χ2n) is 5.80. The summed E-state index contributed by atoms with van der Waals surface area (Å²) in [5.41, 5.74) is 1.82. The van der Waals surface area contributed by atoms with E-state index in [0.717, 1.165) is 5.75 Å². The number of nitrogens with zero attached hydrogens (tertiary/aromatic N) is 2. The normalized spacial score (nSPS) is 14.0. The van der Waals surface area contributed by atoms with Crippen molar-refractivity contribution in [1.82, 2.24) is 9.80 Å². The van der Waals surface area contributed by atoms with Crippen LogP contribution in [0.5, 0.6) is 11.5 Å². The summed E-state index contributed by atoms with van der Waals surface area (Å²) in [4.78, 5) is 26.6. The Kier molecular flexibility index (Phi) is 4.37. The number of anilines is 1. The molecular weight excluding hydrogens is 306 g/mol. The van der Waals surface area contributed by atoms with Gasteiger partial charge in [0.25, 0.3) is 0 Å². The van der Waals surface area contributed by atoms with Crippen LogP contribution in [0.25, 0.3) is 0 Å². The Morgan fingerprint density at radius 3 is 2.17 bits per heavy atom. The smallest absolute Gasteiger partial charge is 0.323 e. The number of amides is 3. The van der Waals surface area contributed by atoms with Gasteiger partial charge in [0, 0.05) is 12.7 Å². The molecule has 1 saturated heterocycles. The van der Waals surface area contributed by atoms with Crippen LogP contribution in [0.1, 0.15) is 5.56 Å². The topological polar surface area (TPSA) is 61.9 Å². The Bertz CT molecular complexity index is 741. The molecule has 1 heterocycles. The lowest BCUT2D eigenvalue weighted by Gasteiger charge is -2.16. The Balaban J connectivity index is 1.59. The molecule has 0 saturated carbocycles. The SMILES string of the molecule is Cc1ccc(Oc2ccc(NC(=O)N3CC(=O)N(C)C3)cc2)cc1. The highest BCUT2D eigenvalue weighted by atomic mass is 16.5. The molecule has 3 rings (SSSR count). The molecule has 0 aliphatic carbocycles. The molecule has 0 spiro atoms. The maximum atomic E-state index is 12.1. The van der Waals surface area contributed by atoms with Crippen molar-refractivity contribution < 1.29 is 14.3 Å². The fraction of sp³-hybridized carbons (Fsp3) is 0.222. The average molecular weight is 325 g/mol. The van der Waals surface area contributed by atoms with Crippen LogP contribution in [0.2, 0.25) is 0 Å². The van der Waals surface area contributed by atoms with Gasteiger partial charge in [-0.25, -0.2) is 4.79 Å². The number of carbonyl (C=O) groups excluding carboxylic acids is 2. The number of aryl methyl sites for hydroxylation is 1. The van der Waals surface area contributed by atoms with E-state index in [1.807, 2.05) is 31.2 Å². The Hall–Kier alpha value is -3.02. The van der Waals surface area contributed by atoms with E-state index in [2.05, 4.69) is 5.32 Å². The third kappa shape index (κ3) is 3.65. The molecule has 6 nitrogen and oxygen atoms in total. The van der Waals surface area contributed by atoms with E-state index in [1.54, 1.807) is 31.3 Å². The maximum absolute atomic E-state index is 12.1. The molecule has 1 fully saturated rings. The molecule has 24 heavy (non-hydrogen) atoms. The molecule has 0 unspecified atom stereocenters. The van der Waals surface area contributed by atoms with Crippen molar-refractivity contribution in [1.29, 1.82) is 0 Å². The zero-order valence-corrected chi connectivity index (χ0v) is 13.7. The van der Waals surface area contributed by atoms with Crippen LogP contribution in [-0.2, 0) is 4.79 Å². The van der Waals surface area contributed by atoms with Crippen LogP contribution in [0.3, 0.4) is 0 Å². The molecular formula is C18H19N3O3. The molecule has 0 bridgehead atoms. The standard InChI is InChI=1S/C18H19N3O3/c1-13-3-7-15(8-4-13)24-16-9-5-14(6-10-16)19-18(23)21-11-17(22)20(2)12-21/h3-10H,11-12H2,1-2H3,(H,19,23). The zero-order chi connectivity index (χ0) is 17.1. The number of rotatable bonds is 3. The molecule has 0 atom stereocenters. The monoisotopic (exact) mass is 325 g/mol. The summed E-state index contributed by atoms with van der Waals surface area (Å²) in [5, 5.41) is 2.78. The minimum atomic E-state index is -0.292. The fourth-order valence-electron chi connectivity index (χ4n) is 2.36. The lowest BCUT2D eigenvalue weighted by Crippen LogP contribution is -2.34. The van der Waals surface area contributed by atoms with E-state index in [9.17, 15) is 9.59 Å². The predicted octanol–water partition coefficient (Wildman–Crippen LogP) is 3.05. The summed E-state index contributed by atoms with van der Waals surface area (Å²) >= 11 is 0. The molecule has 0 radical (unpaired) electrons. The predicted molar refractivity (Wildman–Crippen MR) is 91.1 cm³/mol. The van der Waals surface area contributed by atoms with Crippen molar-refractivity contribution >= 4 is 17.6 Å². The Morgan fingerprint density at radius 1 is 1.04 bits per heavy atom. The summed E-state index contributed by atoms with van der Waals surface area (Å²) in [6.07, 6.45) is 0. The summed E-state index contributed by atoms with van der Waals surface area (Å²) in [5.74, 6) is 1.39. The summed E-state index contributed by atoms with van der Waals surface area (Å²) in [6, 6.07) is 14.6. The first-order valence-electron chi connectivity index (χ1n) is 7.66. The van der Waals surface area contributed by atoms with Gasteiger partial charge in [0.1, 0.15) is 18.0 Å². The van der Waals surface area contributed by atoms with Gasteiger partial charge >= 0.3 is 6.03 Å². The van der Waals surface area contributed by atoms with Crippen LogP contribution in [0, 0.1) is 6.92 Å². The highest BCUT2D eigenvalue weighted by Gasteiger charge is 2.27. The van der Waals surface area contributed by atoms with E-state index in [0.29, 0.717) is 18.1 Å². The first kappa shape index (κ1) is 15.9. The number of likely N-dealkylation sites (N-methyl/N-ethyl adjacent to an activating group) is 1. The Labute approximate surface area is 140 Å². The van der Waals surface area contributed by atoms with Crippen molar-refractivity contribution in [2.24, 2.45) is 0 Å². The van der Waals surface area contributed by atoms with Crippen LogP contribution in [0.4, 0.5) is 10.5 Å². The summed E-state index contributed by atoms with van der Waals surface area (Å²) in [6.45, 7) is 2.43. The van der Waals surface area contributed by atoms with Gasteiger partial charge in [0.2, 0.25) is 5.91 Å². The van der Waals surface area contributed by atoms with Gasteiger partial charge < -0.3 is 15.0 Å². The van der Waals surface area contributed by atoms with Gasteiger partial charge in [0.15, 0.2) is 0 Å².